The summed E-state index contributed by atoms with van der Waals surface area (Å²) in [5, 5.41) is 15.4. The maximum atomic E-state index is 15.3. The molecule has 16 nitrogen and oxygen atoms in total. The summed E-state index contributed by atoms with van der Waals surface area (Å²) in [5.41, 5.74) is 12.9. The highest BCUT2D eigenvalue weighted by Gasteiger charge is 2.26. The summed E-state index contributed by atoms with van der Waals surface area (Å²) >= 11 is 0. The van der Waals surface area contributed by atoms with E-state index in [0.717, 1.165) is 11.6 Å². The molecule has 3 amide bonds. The standard InChI is InChI=1S/C40H52FN7O8.H3N/c1-5-46-22-29(39(53)54)38(52)28-19-30(41)34(20-33(28)46)47-14-16-48(17-15-47)40(55)56-23-27-12-10-26(11-13-27)18-35(50)32(8-6-7-9-36(43)51)44-21-31(42)37(24(2)3)45-25(4)49;/h10-13,19-22,24,32,37,44H,5-9,14-18,23,42H2,1-4H3,(H2,43,51)(H,45,49)(H,53,54);1H3/b31-21-;/t32-,37-;/m0./s1. The number of carbonyl (C=O) groups excluding carboxylic acids is 4. The second kappa shape index (κ2) is 20.8. The van der Waals surface area contributed by atoms with E-state index in [9.17, 15) is 33.9 Å². The number of carbonyl (C=O) groups is 5. The largest absolute Gasteiger partial charge is 0.477 e. The van der Waals surface area contributed by atoms with E-state index in [2.05, 4.69) is 10.6 Å². The van der Waals surface area contributed by atoms with Crippen molar-refractivity contribution in [2.75, 3.05) is 31.1 Å². The fraction of sp³-hybridized carbons (Fsp3) is 0.450. The van der Waals surface area contributed by atoms with Crippen molar-refractivity contribution >= 4 is 46.3 Å². The average molecular weight is 795 g/mol. The van der Waals surface area contributed by atoms with Crippen molar-refractivity contribution in [1.82, 2.24) is 26.3 Å². The van der Waals surface area contributed by atoms with E-state index in [4.69, 9.17) is 16.2 Å². The zero-order chi connectivity index (χ0) is 41.1. The van der Waals surface area contributed by atoms with Crippen LogP contribution < -0.4 is 38.6 Å². The molecule has 0 bridgehead atoms. The number of carboxylic acid groups (broad SMARTS) is 1. The molecule has 4 rings (SSSR count). The summed E-state index contributed by atoms with van der Waals surface area (Å²) in [5.74, 6) is -2.75. The van der Waals surface area contributed by atoms with Gasteiger partial charge in [-0.05, 0) is 48.9 Å². The van der Waals surface area contributed by atoms with Gasteiger partial charge in [-0.3, -0.25) is 19.2 Å². The Balaban J connectivity index is 0.00000870. The van der Waals surface area contributed by atoms with Crippen molar-refractivity contribution in [3.63, 3.8) is 0 Å². The number of amides is 3. The summed E-state index contributed by atoms with van der Waals surface area (Å²) in [6.07, 6.45) is 4.18. The predicted molar refractivity (Wildman–Crippen MR) is 214 cm³/mol. The average Bonchev–Trinajstić information content (AvgIpc) is 3.15. The van der Waals surface area contributed by atoms with Gasteiger partial charge in [0.15, 0.2) is 5.78 Å². The number of aryl methyl sites for hydroxylation is 1. The molecule has 57 heavy (non-hydrogen) atoms. The molecule has 310 valence electrons. The molecule has 0 saturated carbocycles. The number of aromatic nitrogens is 1. The molecule has 0 spiro atoms. The quantitative estimate of drug-likeness (QED) is 0.101. The van der Waals surface area contributed by atoms with E-state index >= 15 is 4.39 Å². The Morgan fingerprint density at radius 3 is 2.23 bits per heavy atom. The number of nitrogens with two attached hydrogens (primary N) is 2. The van der Waals surface area contributed by atoms with E-state index in [1.165, 1.54) is 18.0 Å². The van der Waals surface area contributed by atoms with Crippen molar-refractivity contribution in [1.29, 1.82) is 0 Å². The van der Waals surface area contributed by atoms with Gasteiger partial charge in [0.05, 0.1) is 23.3 Å². The van der Waals surface area contributed by atoms with Gasteiger partial charge in [0.2, 0.25) is 17.2 Å². The summed E-state index contributed by atoms with van der Waals surface area (Å²) in [4.78, 5) is 76.9. The number of aromatic carboxylic acids is 1. The molecule has 1 aromatic heterocycles. The minimum absolute atomic E-state index is 0. The maximum Gasteiger partial charge on any atom is 0.410 e. The lowest BCUT2D eigenvalue weighted by molar-refractivity contribution is -0.121. The second-order valence-electron chi connectivity index (χ2n) is 14.3. The molecule has 0 aliphatic carbocycles. The molecule has 0 unspecified atom stereocenters. The second-order valence-corrected chi connectivity index (χ2v) is 14.3. The van der Waals surface area contributed by atoms with E-state index in [0.29, 0.717) is 55.7 Å². The van der Waals surface area contributed by atoms with Crippen LogP contribution in [-0.4, -0.2) is 82.5 Å². The number of Topliss-reactive ketones (excluding diaryl/α,β-unsaturated/α-hetero) is 1. The predicted octanol–water partition coefficient (Wildman–Crippen LogP) is 3.56. The van der Waals surface area contributed by atoms with Crippen LogP contribution in [0.1, 0.15) is 74.9 Å². The molecule has 2 aromatic carbocycles. The number of piperazine rings is 1. The Hall–Kier alpha value is -5.97. The lowest BCUT2D eigenvalue weighted by atomic mass is 9.98. The molecule has 2 heterocycles. The van der Waals surface area contributed by atoms with Crippen molar-refractivity contribution in [3.05, 3.63) is 87.2 Å². The van der Waals surface area contributed by atoms with Crippen molar-refractivity contribution in [2.24, 2.45) is 17.4 Å². The highest BCUT2D eigenvalue weighted by molar-refractivity contribution is 5.93. The molecule has 0 radical (unpaired) electrons. The molecular weight excluding hydrogens is 739 g/mol. The summed E-state index contributed by atoms with van der Waals surface area (Å²) in [7, 11) is 0. The van der Waals surface area contributed by atoms with Crippen LogP contribution in [0.2, 0.25) is 0 Å². The van der Waals surface area contributed by atoms with E-state index in [1.54, 1.807) is 52.9 Å². The van der Waals surface area contributed by atoms with Crippen LogP contribution in [0.25, 0.3) is 10.9 Å². The van der Waals surface area contributed by atoms with Gasteiger partial charge in [0.25, 0.3) is 0 Å². The fourth-order valence-corrected chi connectivity index (χ4v) is 6.63. The van der Waals surface area contributed by atoms with Crippen molar-refractivity contribution in [2.45, 2.75) is 85.0 Å². The van der Waals surface area contributed by atoms with Crippen LogP contribution >= 0.6 is 0 Å². The van der Waals surface area contributed by atoms with Crippen LogP contribution in [0.3, 0.4) is 0 Å². The molecule has 1 saturated heterocycles. The maximum absolute atomic E-state index is 15.3. The first-order valence-corrected chi connectivity index (χ1v) is 18.7. The number of ether oxygens (including phenoxy) is 1. The molecule has 10 N–H and O–H groups in total. The van der Waals surface area contributed by atoms with Gasteiger partial charge < -0.3 is 52.5 Å². The van der Waals surface area contributed by atoms with Gasteiger partial charge in [-0.1, -0.05) is 44.5 Å². The van der Waals surface area contributed by atoms with Gasteiger partial charge in [-0.2, -0.15) is 0 Å². The number of fused-ring (bicyclic) bond motifs is 1. The molecule has 1 fully saturated rings. The SMILES string of the molecule is CCn1cc(C(=O)O)c(=O)c2cc(F)c(N3CCN(C(=O)OCc4ccc(CC(=O)[C@H](CCCCC(N)=O)N/C=C(\N)[C@@H](NC(C)=O)C(C)C)cc4)CC3)cc21.N. The Morgan fingerprint density at radius 1 is 1.00 bits per heavy atom. The third-order valence-corrected chi connectivity index (χ3v) is 9.75. The van der Waals surface area contributed by atoms with Crippen LogP contribution in [0.4, 0.5) is 14.9 Å². The van der Waals surface area contributed by atoms with Gasteiger partial charge in [0, 0.05) is 76.0 Å². The summed E-state index contributed by atoms with van der Waals surface area (Å²) in [6.45, 7) is 8.57. The first-order chi connectivity index (χ1) is 26.6. The Bertz CT molecular complexity index is 2010. The van der Waals surface area contributed by atoms with Gasteiger partial charge in [0.1, 0.15) is 18.0 Å². The number of ketones is 1. The smallest absolute Gasteiger partial charge is 0.410 e. The number of hydrogen-bond acceptors (Lipinski definition) is 11. The summed E-state index contributed by atoms with van der Waals surface area (Å²) < 4.78 is 22.5. The highest BCUT2D eigenvalue weighted by atomic mass is 19.1. The van der Waals surface area contributed by atoms with Gasteiger partial charge >= 0.3 is 12.1 Å². The van der Waals surface area contributed by atoms with Gasteiger partial charge in [-0.25, -0.2) is 14.0 Å². The number of nitrogens with one attached hydrogen (secondary N) is 2. The number of unbranched alkanes of at least 4 members (excludes halogenated alkanes) is 1. The topological polar surface area (TPSA) is 254 Å². The highest BCUT2D eigenvalue weighted by Crippen LogP contribution is 2.27. The molecule has 1 aliphatic heterocycles. The lowest BCUT2D eigenvalue weighted by Crippen LogP contribution is -2.49. The Morgan fingerprint density at radius 2 is 1.65 bits per heavy atom. The minimum Gasteiger partial charge on any atom is -0.477 e. The molecule has 3 aromatic rings. The van der Waals surface area contributed by atoms with Crippen LogP contribution in [0.5, 0.6) is 0 Å². The Labute approximate surface area is 331 Å². The first kappa shape index (κ1) is 45.4. The van der Waals surface area contributed by atoms with E-state index in [1.807, 2.05) is 13.8 Å². The number of benzene rings is 2. The van der Waals surface area contributed by atoms with Crippen LogP contribution in [0.15, 0.2) is 59.3 Å². The number of carboxylic acids is 1. The van der Waals surface area contributed by atoms with Gasteiger partial charge in [-0.15, -0.1) is 0 Å². The number of hydrogen-bond donors (Lipinski definition) is 6. The van der Waals surface area contributed by atoms with E-state index < -0.39 is 46.9 Å². The zero-order valence-corrected chi connectivity index (χ0v) is 33.0. The third kappa shape index (κ3) is 12.3. The number of anilines is 1. The molecular formula is C40H55FN8O8. The number of halogens is 1. The van der Waals surface area contributed by atoms with Crippen molar-refractivity contribution in [3.8, 4) is 0 Å². The molecule has 2 atom stereocenters. The minimum atomic E-state index is -1.38. The number of pyridine rings is 1. The first-order valence-electron chi connectivity index (χ1n) is 18.7. The number of nitrogens with zero attached hydrogens (tertiary/aromatic N) is 3. The fourth-order valence-electron chi connectivity index (χ4n) is 6.63. The number of rotatable bonds is 18. The third-order valence-electron chi connectivity index (χ3n) is 9.75. The van der Waals surface area contributed by atoms with Crippen LogP contribution in [-0.2, 0) is 38.7 Å². The van der Waals surface area contributed by atoms with E-state index in [-0.39, 0.29) is 67.4 Å². The number of primary amides is 1. The zero-order valence-electron chi connectivity index (χ0n) is 33.0. The molecule has 17 heteroatoms. The monoisotopic (exact) mass is 794 g/mol. The Kier molecular flexibility index (Phi) is 16.6. The van der Waals surface area contributed by atoms with Crippen molar-refractivity contribution < 1.29 is 38.2 Å². The normalized spacial score (nSPS) is 14.1. The lowest BCUT2D eigenvalue weighted by Gasteiger charge is -2.35. The summed E-state index contributed by atoms with van der Waals surface area (Å²) in [6, 6.07) is 8.73. The molecule has 1 aliphatic rings. The van der Waals surface area contributed by atoms with Crippen LogP contribution in [0, 0.1) is 11.7 Å².